The van der Waals surface area contributed by atoms with Gasteiger partial charge in [0.25, 0.3) is 0 Å². The summed E-state index contributed by atoms with van der Waals surface area (Å²) in [7, 11) is 0. The molecule has 3 fully saturated rings. The molecule has 0 amide bonds. The summed E-state index contributed by atoms with van der Waals surface area (Å²) in [6.45, 7) is 7.11. The van der Waals surface area contributed by atoms with Gasteiger partial charge in [-0.2, -0.15) is 0 Å². The van der Waals surface area contributed by atoms with Crippen molar-refractivity contribution in [3.05, 3.63) is 70.5 Å². The molecular formula is C26H32ClFN2. The lowest BCUT2D eigenvalue weighted by molar-refractivity contribution is 0.165. The van der Waals surface area contributed by atoms with E-state index in [1.807, 2.05) is 24.3 Å². The highest BCUT2D eigenvalue weighted by atomic mass is 35.5. The van der Waals surface area contributed by atoms with Crippen LogP contribution in [0.5, 0.6) is 0 Å². The van der Waals surface area contributed by atoms with Crippen LogP contribution in [0.25, 0.3) is 0 Å². The van der Waals surface area contributed by atoms with Crippen LogP contribution in [0.15, 0.2) is 48.5 Å². The van der Waals surface area contributed by atoms with Gasteiger partial charge in [0.1, 0.15) is 5.82 Å². The molecule has 2 aromatic carbocycles. The Morgan fingerprint density at radius 2 is 1.53 bits per heavy atom. The number of rotatable bonds is 6. The third-order valence-electron chi connectivity index (χ3n) is 7.54. The molecular weight excluding hydrogens is 395 g/mol. The van der Waals surface area contributed by atoms with Gasteiger partial charge in [-0.25, -0.2) is 4.39 Å². The van der Waals surface area contributed by atoms with Crippen LogP contribution < -0.4 is 0 Å². The minimum Gasteiger partial charge on any atom is -0.303 e. The Labute approximate surface area is 185 Å². The molecule has 4 heteroatoms. The van der Waals surface area contributed by atoms with Crippen LogP contribution >= 0.6 is 11.6 Å². The van der Waals surface area contributed by atoms with Crippen molar-refractivity contribution < 1.29 is 4.39 Å². The van der Waals surface area contributed by atoms with Crippen LogP contribution in [0.4, 0.5) is 4.39 Å². The van der Waals surface area contributed by atoms with Crippen molar-refractivity contribution in [2.75, 3.05) is 32.7 Å². The first kappa shape index (κ1) is 20.5. The lowest BCUT2D eigenvalue weighted by Gasteiger charge is -2.35. The molecule has 3 aliphatic rings. The van der Waals surface area contributed by atoms with Crippen LogP contribution in [-0.2, 0) is 6.54 Å². The SMILES string of the molecule is Fc1ccc(C2CCN(CC3CN(Cc4ccc(Cl)cc4)CC3C3CC3)CC2)cc1. The molecule has 1 saturated carbocycles. The molecule has 2 unspecified atom stereocenters. The van der Waals surface area contributed by atoms with Crippen molar-refractivity contribution in [2.45, 2.75) is 38.1 Å². The van der Waals surface area contributed by atoms with E-state index in [0.717, 1.165) is 29.3 Å². The monoisotopic (exact) mass is 426 g/mol. The van der Waals surface area contributed by atoms with Gasteiger partial charge in [-0.3, -0.25) is 4.90 Å². The number of likely N-dealkylation sites (tertiary alicyclic amines) is 2. The number of halogens is 2. The van der Waals surface area contributed by atoms with Crippen molar-refractivity contribution >= 4 is 11.6 Å². The molecule has 0 radical (unpaired) electrons. The maximum Gasteiger partial charge on any atom is 0.123 e. The van der Waals surface area contributed by atoms with Crippen molar-refractivity contribution in [3.63, 3.8) is 0 Å². The summed E-state index contributed by atoms with van der Waals surface area (Å²) in [5.74, 6) is 3.08. The number of piperidine rings is 1. The molecule has 30 heavy (non-hydrogen) atoms. The van der Waals surface area contributed by atoms with E-state index < -0.39 is 0 Å². The number of nitrogens with zero attached hydrogens (tertiary/aromatic N) is 2. The van der Waals surface area contributed by atoms with Gasteiger partial charge >= 0.3 is 0 Å². The second-order valence-corrected chi connectivity index (χ2v) is 10.1. The average Bonchev–Trinajstić information content (AvgIpc) is 3.53. The predicted octanol–water partition coefficient (Wildman–Crippen LogP) is 5.82. The summed E-state index contributed by atoms with van der Waals surface area (Å²) in [5.41, 5.74) is 2.68. The lowest BCUT2D eigenvalue weighted by Crippen LogP contribution is -2.38. The Balaban J connectivity index is 1.16. The topological polar surface area (TPSA) is 6.48 Å². The van der Waals surface area contributed by atoms with E-state index in [2.05, 4.69) is 21.9 Å². The largest absolute Gasteiger partial charge is 0.303 e. The summed E-state index contributed by atoms with van der Waals surface area (Å²) < 4.78 is 13.2. The third-order valence-corrected chi connectivity index (χ3v) is 7.79. The fraction of sp³-hybridized carbons (Fsp3) is 0.538. The van der Waals surface area contributed by atoms with Crippen LogP contribution in [-0.4, -0.2) is 42.5 Å². The Bertz CT molecular complexity index is 825. The molecule has 0 N–H and O–H groups in total. The smallest absolute Gasteiger partial charge is 0.123 e. The average molecular weight is 427 g/mol. The van der Waals surface area contributed by atoms with Gasteiger partial charge in [0.2, 0.25) is 0 Å². The molecule has 2 heterocycles. The van der Waals surface area contributed by atoms with Gasteiger partial charge in [0, 0.05) is 31.2 Å². The molecule has 2 aliphatic heterocycles. The lowest BCUT2D eigenvalue weighted by atomic mass is 9.87. The van der Waals surface area contributed by atoms with E-state index in [-0.39, 0.29) is 5.82 Å². The standard InChI is InChI=1S/C26H32ClFN2/c27-24-7-1-19(2-8-24)15-30-17-23(26(18-30)22-3-4-22)16-29-13-11-21(12-14-29)20-5-9-25(28)10-6-20/h1-2,5-10,21-23,26H,3-4,11-18H2. The maximum atomic E-state index is 13.2. The summed E-state index contributed by atoms with van der Waals surface area (Å²) in [6.07, 6.45) is 5.26. The molecule has 2 atom stereocenters. The van der Waals surface area contributed by atoms with Gasteiger partial charge in [0.15, 0.2) is 0 Å². The number of hydrogen-bond acceptors (Lipinski definition) is 2. The highest BCUT2D eigenvalue weighted by Crippen LogP contribution is 2.44. The predicted molar refractivity (Wildman–Crippen MR) is 121 cm³/mol. The molecule has 5 rings (SSSR count). The van der Waals surface area contributed by atoms with Crippen molar-refractivity contribution in [3.8, 4) is 0 Å². The van der Waals surface area contributed by atoms with E-state index >= 15 is 0 Å². The highest BCUT2D eigenvalue weighted by Gasteiger charge is 2.42. The maximum absolute atomic E-state index is 13.2. The minimum absolute atomic E-state index is 0.133. The quantitative estimate of drug-likeness (QED) is 0.574. The number of hydrogen-bond donors (Lipinski definition) is 0. The first-order chi connectivity index (χ1) is 14.6. The molecule has 0 bridgehead atoms. The Hall–Kier alpha value is -1.42. The summed E-state index contributed by atoms with van der Waals surface area (Å²) >= 11 is 6.05. The van der Waals surface area contributed by atoms with E-state index in [0.29, 0.717) is 5.92 Å². The minimum atomic E-state index is -0.133. The molecule has 2 aromatic rings. The van der Waals surface area contributed by atoms with Gasteiger partial charge in [-0.1, -0.05) is 35.9 Å². The zero-order valence-electron chi connectivity index (χ0n) is 17.6. The normalized spacial score (nSPS) is 26.3. The first-order valence-electron chi connectivity index (χ1n) is 11.6. The van der Waals surface area contributed by atoms with E-state index in [4.69, 9.17) is 11.6 Å². The van der Waals surface area contributed by atoms with Crippen molar-refractivity contribution in [1.29, 1.82) is 0 Å². The van der Waals surface area contributed by atoms with Gasteiger partial charge in [-0.15, -0.1) is 0 Å². The molecule has 2 saturated heterocycles. The van der Waals surface area contributed by atoms with E-state index in [1.165, 1.54) is 69.5 Å². The fourth-order valence-electron chi connectivity index (χ4n) is 5.73. The Kier molecular flexibility index (Phi) is 6.13. The van der Waals surface area contributed by atoms with E-state index in [9.17, 15) is 4.39 Å². The zero-order valence-corrected chi connectivity index (χ0v) is 18.4. The van der Waals surface area contributed by atoms with Gasteiger partial charge < -0.3 is 4.90 Å². The second kappa shape index (κ2) is 8.98. The Morgan fingerprint density at radius 1 is 0.833 bits per heavy atom. The van der Waals surface area contributed by atoms with E-state index in [1.54, 1.807) is 12.1 Å². The number of benzene rings is 2. The summed E-state index contributed by atoms with van der Waals surface area (Å²) in [4.78, 5) is 5.37. The highest BCUT2D eigenvalue weighted by molar-refractivity contribution is 6.30. The van der Waals surface area contributed by atoms with Crippen LogP contribution in [0, 0.1) is 23.6 Å². The third kappa shape index (κ3) is 4.90. The fourth-order valence-corrected chi connectivity index (χ4v) is 5.86. The Morgan fingerprint density at radius 3 is 2.20 bits per heavy atom. The van der Waals surface area contributed by atoms with Gasteiger partial charge in [0.05, 0.1) is 0 Å². The zero-order chi connectivity index (χ0) is 20.5. The first-order valence-corrected chi connectivity index (χ1v) is 12.0. The summed E-state index contributed by atoms with van der Waals surface area (Å²) in [6, 6.07) is 15.5. The molecule has 2 nitrogen and oxygen atoms in total. The second-order valence-electron chi connectivity index (χ2n) is 9.71. The van der Waals surface area contributed by atoms with Crippen molar-refractivity contribution in [1.82, 2.24) is 9.80 Å². The van der Waals surface area contributed by atoms with Crippen LogP contribution in [0.1, 0.15) is 42.7 Å². The molecule has 160 valence electrons. The molecule has 1 aliphatic carbocycles. The van der Waals surface area contributed by atoms with Crippen LogP contribution in [0.3, 0.4) is 0 Å². The summed E-state index contributed by atoms with van der Waals surface area (Å²) in [5, 5.41) is 0.818. The van der Waals surface area contributed by atoms with Gasteiger partial charge in [-0.05, 0) is 97.8 Å². The molecule has 0 aromatic heterocycles. The molecule has 0 spiro atoms. The van der Waals surface area contributed by atoms with Crippen molar-refractivity contribution in [2.24, 2.45) is 17.8 Å². The van der Waals surface area contributed by atoms with Crippen LogP contribution in [0.2, 0.25) is 5.02 Å².